The largest absolute Gasteiger partial charge is 0.356 e. The SMILES string of the molecule is C=CCN1CC(C(=O)NCC2CCN(S(C)(=O)=O)CC2)CC1=O. The number of sulfonamides is 1. The maximum absolute atomic E-state index is 12.2. The van der Waals surface area contributed by atoms with Gasteiger partial charge in [-0.1, -0.05) is 6.08 Å². The van der Waals surface area contributed by atoms with Crippen LogP contribution in [-0.2, 0) is 19.6 Å². The first-order chi connectivity index (χ1) is 10.8. The molecule has 0 bridgehead atoms. The van der Waals surface area contributed by atoms with Crippen molar-refractivity contribution in [3.05, 3.63) is 12.7 Å². The van der Waals surface area contributed by atoms with Crippen LogP contribution in [0.1, 0.15) is 19.3 Å². The molecule has 2 fully saturated rings. The first kappa shape index (κ1) is 17.9. The number of carbonyl (C=O) groups is 2. The van der Waals surface area contributed by atoms with Crippen molar-refractivity contribution in [2.24, 2.45) is 11.8 Å². The summed E-state index contributed by atoms with van der Waals surface area (Å²) in [7, 11) is -3.12. The minimum absolute atomic E-state index is 0.00786. The number of piperidine rings is 1. The van der Waals surface area contributed by atoms with E-state index in [-0.39, 0.29) is 24.2 Å². The highest BCUT2D eigenvalue weighted by molar-refractivity contribution is 7.88. The molecule has 2 aliphatic rings. The van der Waals surface area contributed by atoms with Gasteiger partial charge in [0.15, 0.2) is 0 Å². The summed E-state index contributed by atoms with van der Waals surface area (Å²) >= 11 is 0. The second kappa shape index (κ2) is 7.44. The molecule has 8 heteroatoms. The van der Waals surface area contributed by atoms with Crippen molar-refractivity contribution in [3.8, 4) is 0 Å². The third-order valence-corrected chi connectivity index (χ3v) is 5.85. The lowest BCUT2D eigenvalue weighted by molar-refractivity contribution is -0.128. The first-order valence-corrected chi connectivity index (χ1v) is 9.77. The summed E-state index contributed by atoms with van der Waals surface area (Å²) in [6.07, 6.45) is 4.64. The van der Waals surface area contributed by atoms with E-state index in [0.717, 1.165) is 12.8 Å². The fraction of sp³-hybridized carbons (Fsp3) is 0.733. The van der Waals surface area contributed by atoms with Crippen LogP contribution in [0.5, 0.6) is 0 Å². The Morgan fingerprint density at radius 3 is 2.61 bits per heavy atom. The second-order valence-electron chi connectivity index (χ2n) is 6.34. The molecule has 0 aromatic heterocycles. The predicted octanol–water partition coefficient (Wildman–Crippen LogP) is -0.191. The molecule has 1 N–H and O–H groups in total. The molecule has 130 valence electrons. The highest BCUT2D eigenvalue weighted by Gasteiger charge is 2.34. The van der Waals surface area contributed by atoms with Crippen LogP contribution in [0.15, 0.2) is 12.7 Å². The summed E-state index contributed by atoms with van der Waals surface area (Å²) in [5, 5.41) is 2.92. The van der Waals surface area contributed by atoms with E-state index in [2.05, 4.69) is 11.9 Å². The fourth-order valence-corrected chi connectivity index (χ4v) is 3.99. The highest BCUT2D eigenvalue weighted by atomic mass is 32.2. The van der Waals surface area contributed by atoms with E-state index in [1.807, 2.05) is 0 Å². The summed E-state index contributed by atoms with van der Waals surface area (Å²) in [4.78, 5) is 25.6. The van der Waals surface area contributed by atoms with Gasteiger partial charge < -0.3 is 10.2 Å². The van der Waals surface area contributed by atoms with E-state index in [4.69, 9.17) is 0 Å². The lowest BCUT2D eigenvalue weighted by atomic mass is 9.97. The average Bonchev–Trinajstić information content (AvgIpc) is 2.86. The van der Waals surface area contributed by atoms with Crippen molar-refractivity contribution in [1.29, 1.82) is 0 Å². The molecule has 0 radical (unpaired) electrons. The minimum atomic E-state index is -3.12. The second-order valence-corrected chi connectivity index (χ2v) is 8.32. The third kappa shape index (κ3) is 4.78. The van der Waals surface area contributed by atoms with Gasteiger partial charge in [0, 0.05) is 39.1 Å². The van der Waals surface area contributed by atoms with Crippen molar-refractivity contribution in [1.82, 2.24) is 14.5 Å². The molecule has 0 aromatic carbocycles. The van der Waals surface area contributed by atoms with Crippen LogP contribution in [0.4, 0.5) is 0 Å². The van der Waals surface area contributed by atoms with Gasteiger partial charge in [0.1, 0.15) is 0 Å². The predicted molar refractivity (Wildman–Crippen MR) is 87.0 cm³/mol. The Bertz CT molecular complexity index is 567. The number of hydrogen-bond donors (Lipinski definition) is 1. The molecular weight excluding hydrogens is 318 g/mol. The molecular formula is C15H25N3O4S. The van der Waals surface area contributed by atoms with Crippen molar-refractivity contribution in [2.75, 3.05) is 39.0 Å². The lowest BCUT2D eigenvalue weighted by Crippen LogP contribution is -2.42. The van der Waals surface area contributed by atoms with Gasteiger partial charge in [-0.25, -0.2) is 12.7 Å². The van der Waals surface area contributed by atoms with Crippen LogP contribution in [0.25, 0.3) is 0 Å². The number of hydrogen-bond acceptors (Lipinski definition) is 4. The summed E-state index contributed by atoms with van der Waals surface area (Å²) in [5.41, 5.74) is 0. The van der Waals surface area contributed by atoms with E-state index < -0.39 is 10.0 Å². The number of rotatable bonds is 6. The average molecular weight is 343 g/mol. The molecule has 1 unspecified atom stereocenters. The topological polar surface area (TPSA) is 86.8 Å². The fourth-order valence-electron chi connectivity index (χ4n) is 3.11. The van der Waals surface area contributed by atoms with Crippen molar-refractivity contribution >= 4 is 21.8 Å². The lowest BCUT2D eigenvalue weighted by Gasteiger charge is -2.30. The quantitative estimate of drug-likeness (QED) is 0.677. The molecule has 2 heterocycles. The van der Waals surface area contributed by atoms with E-state index in [1.165, 1.54) is 10.6 Å². The Hall–Kier alpha value is -1.41. The Morgan fingerprint density at radius 2 is 2.04 bits per heavy atom. The summed E-state index contributed by atoms with van der Waals surface area (Å²) in [6, 6.07) is 0. The molecule has 1 atom stereocenters. The van der Waals surface area contributed by atoms with E-state index >= 15 is 0 Å². The van der Waals surface area contributed by atoms with Crippen molar-refractivity contribution < 1.29 is 18.0 Å². The minimum Gasteiger partial charge on any atom is -0.356 e. The van der Waals surface area contributed by atoms with Gasteiger partial charge in [-0.2, -0.15) is 0 Å². The van der Waals surface area contributed by atoms with Crippen LogP contribution in [-0.4, -0.2) is 68.4 Å². The first-order valence-electron chi connectivity index (χ1n) is 7.92. The number of nitrogens with one attached hydrogen (secondary N) is 1. The van der Waals surface area contributed by atoms with Gasteiger partial charge in [-0.3, -0.25) is 9.59 Å². The van der Waals surface area contributed by atoms with E-state index in [0.29, 0.717) is 38.6 Å². The molecule has 0 aromatic rings. The Labute approximate surface area is 137 Å². The van der Waals surface area contributed by atoms with E-state index in [1.54, 1.807) is 11.0 Å². The number of likely N-dealkylation sites (tertiary alicyclic amines) is 1. The molecule has 2 amide bonds. The highest BCUT2D eigenvalue weighted by Crippen LogP contribution is 2.20. The zero-order valence-electron chi connectivity index (χ0n) is 13.5. The molecule has 2 aliphatic heterocycles. The van der Waals surface area contributed by atoms with Crippen molar-refractivity contribution in [2.45, 2.75) is 19.3 Å². The van der Waals surface area contributed by atoms with Crippen LogP contribution in [0.3, 0.4) is 0 Å². The monoisotopic (exact) mass is 343 g/mol. The normalized spacial score (nSPS) is 24.0. The van der Waals surface area contributed by atoms with Gasteiger partial charge in [-0.15, -0.1) is 6.58 Å². The molecule has 2 saturated heterocycles. The standard InChI is InChI=1S/C15H25N3O4S/c1-3-6-17-11-13(9-14(17)19)15(20)16-10-12-4-7-18(8-5-12)23(2,21)22/h3,12-13H,1,4-11H2,2H3,(H,16,20). The number of nitrogens with zero attached hydrogens (tertiary/aromatic N) is 2. The molecule has 0 aliphatic carbocycles. The Kier molecular flexibility index (Phi) is 5.80. The van der Waals surface area contributed by atoms with Crippen LogP contribution >= 0.6 is 0 Å². The molecule has 7 nitrogen and oxygen atoms in total. The maximum atomic E-state index is 12.2. The number of amides is 2. The van der Waals surface area contributed by atoms with Gasteiger partial charge >= 0.3 is 0 Å². The third-order valence-electron chi connectivity index (χ3n) is 4.54. The maximum Gasteiger partial charge on any atom is 0.225 e. The van der Waals surface area contributed by atoms with Gasteiger partial charge in [-0.05, 0) is 18.8 Å². The van der Waals surface area contributed by atoms with Crippen LogP contribution in [0.2, 0.25) is 0 Å². The van der Waals surface area contributed by atoms with Crippen LogP contribution in [0, 0.1) is 11.8 Å². The molecule has 0 saturated carbocycles. The zero-order valence-corrected chi connectivity index (χ0v) is 14.3. The molecule has 2 rings (SSSR count). The van der Waals surface area contributed by atoms with Gasteiger partial charge in [0.05, 0.1) is 12.2 Å². The van der Waals surface area contributed by atoms with Gasteiger partial charge in [0.25, 0.3) is 0 Å². The van der Waals surface area contributed by atoms with Crippen molar-refractivity contribution in [3.63, 3.8) is 0 Å². The Balaban J connectivity index is 1.74. The van der Waals surface area contributed by atoms with E-state index in [9.17, 15) is 18.0 Å². The number of carbonyl (C=O) groups excluding carboxylic acids is 2. The smallest absolute Gasteiger partial charge is 0.225 e. The van der Waals surface area contributed by atoms with Crippen LogP contribution < -0.4 is 5.32 Å². The molecule has 23 heavy (non-hydrogen) atoms. The molecule has 0 spiro atoms. The summed E-state index contributed by atoms with van der Waals surface area (Å²) < 4.78 is 24.4. The zero-order chi connectivity index (χ0) is 17.0. The summed E-state index contributed by atoms with van der Waals surface area (Å²) in [6.45, 7) is 6.10. The van der Waals surface area contributed by atoms with Gasteiger partial charge in [0.2, 0.25) is 21.8 Å². The Morgan fingerprint density at radius 1 is 1.39 bits per heavy atom. The summed E-state index contributed by atoms with van der Waals surface area (Å²) in [5.74, 6) is -0.0983.